The van der Waals surface area contributed by atoms with Gasteiger partial charge in [-0.1, -0.05) is 6.92 Å². The topological polar surface area (TPSA) is 110 Å². The fourth-order valence-electron chi connectivity index (χ4n) is 1.27. The van der Waals surface area contributed by atoms with Gasteiger partial charge in [-0.2, -0.15) is 5.10 Å². The summed E-state index contributed by atoms with van der Waals surface area (Å²) >= 11 is 0. The van der Waals surface area contributed by atoms with Crippen molar-refractivity contribution in [3.8, 4) is 0 Å². The zero-order chi connectivity index (χ0) is 13.2. The van der Waals surface area contributed by atoms with Crippen LogP contribution in [0.2, 0.25) is 0 Å². The number of nitrogens with one attached hydrogen (secondary N) is 1. The predicted octanol–water partition coefficient (Wildman–Crippen LogP) is -0.702. The van der Waals surface area contributed by atoms with Crippen LogP contribution in [0, 0.1) is 5.92 Å². The average Bonchev–Trinajstić information content (AvgIpc) is 2.56. The lowest BCUT2D eigenvalue weighted by molar-refractivity contribution is 0.216. The molecule has 2 unspecified atom stereocenters. The van der Waals surface area contributed by atoms with E-state index in [1.54, 1.807) is 20.9 Å². The lowest BCUT2D eigenvalue weighted by atomic mass is 10.1. The molecule has 7 nitrogen and oxygen atoms in total. The molecule has 1 heterocycles. The molecule has 0 saturated carbocycles. The van der Waals surface area contributed by atoms with Crippen molar-refractivity contribution >= 4 is 15.8 Å². The van der Waals surface area contributed by atoms with Gasteiger partial charge in [-0.3, -0.25) is 4.68 Å². The highest BCUT2D eigenvalue weighted by Crippen LogP contribution is 2.16. The van der Waals surface area contributed by atoms with Gasteiger partial charge in [-0.15, -0.1) is 0 Å². The van der Waals surface area contributed by atoms with Crippen LogP contribution in [0.15, 0.2) is 11.1 Å². The van der Waals surface area contributed by atoms with Gasteiger partial charge in [0.2, 0.25) is 10.0 Å². The van der Waals surface area contributed by atoms with Crippen LogP contribution in [-0.2, 0) is 17.1 Å². The number of sulfonamides is 1. The molecule has 0 radical (unpaired) electrons. The SMILES string of the molecule is CC(CO)C(C)NS(=O)(=O)c1cn(C)nc1N. The Hall–Kier alpha value is -1.12. The molecule has 0 bridgehead atoms. The van der Waals surface area contributed by atoms with E-state index in [1.807, 2.05) is 0 Å². The lowest BCUT2D eigenvalue weighted by Crippen LogP contribution is -2.38. The highest BCUT2D eigenvalue weighted by Gasteiger charge is 2.24. The summed E-state index contributed by atoms with van der Waals surface area (Å²) in [5.74, 6) is -0.216. The van der Waals surface area contributed by atoms with Crippen LogP contribution in [-0.4, -0.2) is 36.0 Å². The van der Waals surface area contributed by atoms with Gasteiger partial charge in [-0.25, -0.2) is 13.1 Å². The maximum atomic E-state index is 12.0. The molecular weight excluding hydrogens is 244 g/mol. The van der Waals surface area contributed by atoms with E-state index >= 15 is 0 Å². The van der Waals surface area contributed by atoms with Crippen molar-refractivity contribution in [2.24, 2.45) is 13.0 Å². The molecule has 1 aromatic heterocycles. The molecule has 1 rings (SSSR count). The van der Waals surface area contributed by atoms with E-state index in [-0.39, 0.29) is 29.3 Å². The smallest absolute Gasteiger partial charge is 0.246 e. The molecule has 0 fully saturated rings. The number of anilines is 1. The zero-order valence-corrected chi connectivity index (χ0v) is 10.9. The second kappa shape index (κ2) is 5.03. The third kappa shape index (κ3) is 3.18. The molecule has 0 aliphatic heterocycles. The number of nitrogen functional groups attached to an aromatic ring is 1. The molecule has 0 saturated heterocycles. The fourth-order valence-corrected chi connectivity index (χ4v) is 2.73. The van der Waals surface area contributed by atoms with Crippen LogP contribution in [0.3, 0.4) is 0 Å². The van der Waals surface area contributed by atoms with E-state index in [1.165, 1.54) is 10.9 Å². The van der Waals surface area contributed by atoms with E-state index in [2.05, 4.69) is 9.82 Å². The molecule has 4 N–H and O–H groups in total. The van der Waals surface area contributed by atoms with Gasteiger partial charge in [0.1, 0.15) is 4.90 Å². The molecular formula is C9H18N4O3S. The highest BCUT2D eigenvalue weighted by atomic mass is 32.2. The van der Waals surface area contributed by atoms with E-state index in [0.717, 1.165) is 0 Å². The summed E-state index contributed by atoms with van der Waals surface area (Å²) in [4.78, 5) is -0.0445. The zero-order valence-electron chi connectivity index (χ0n) is 10.1. The monoisotopic (exact) mass is 262 g/mol. The van der Waals surface area contributed by atoms with E-state index in [0.29, 0.717) is 0 Å². The Labute approximate surface area is 101 Å². The molecule has 0 spiro atoms. The first-order valence-electron chi connectivity index (χ1n) is 5.20. The summed E-state index contributed by atoms with van der Waals surface area (Å²) in [5, 5.41) is 12.7. The van der Waals surface area contributed by atoms with Crippen LogP contribution in [0.1, 0.15) is 13.8 Å². The third-order valence-corrected chi connectivity index (χ3v) is 4.17. The Morgan fingerprint density at radius 1 is 1.59 bits per heavy atom. The van der Waals surface area contributed by atoms with Crippen LogP contribution in [0.5, 0.6) is 0 Å². The predicted molar refractivity (Wildman–Crippen MR) is 63.7 cm³/mol. The molecule has 0 aromatic carbocycles. The Morgan fingerprint density at radius 3 is 2.59 bits per heavy atom. The summed E-state index contributed by atoms with van der Waals surface area (Å²) in [6, 6.07) is -0.385. The quantitative estimate of drug-likeness (QED) is 0.649. The van der Waals surface area contributed by atoms with Gasteiger partial charge >= 0.3 is 0 Å². The normalized spacial score (nSPS) is 15.8. The Balaban J connectivity index is 2.93. The number of nitrogens with zero attached hydrogens (tertiary/aromatic N) is 2. The number of aliphatic hydroxyl groups excluding tert-OH is 1. The minimum Gasteiger partial charge on any atom is -0.396 e. The van der Waals surface area contributed by atoms with Crippen molar-refractivity contribution in [2.45, 2.75) is 24.8 Å². The van der Waals surface area contributed by atoms with Crippen LogP contribution in [0.4, 0.5) is 5.82 Å². The maximum Gasteiger partial charge on any atom is 0.246 e. The molecule has 0 aliphatic rings. The second-order valence-electron chi connectivity index (χ2n) is 4.12. The standard InChI is InChI=1S/C9H18N4O3S/c1-6(5-14)7(2)12-17(15,16)8-4-13(3)11-9(8)10/h4,6-7,12,14H,5H2,1-3H3,(H2,10,11). The van der Waals surface area contributed by atoms with Gasteiger partial charge in [0.15, 0.2) is 5.82 Å². The minimum absolute atomic E-state index is 0.0381. The van der Waals surface area contributed by atoms with Crippen molar-refractivity contribution in [1.82, 2.24) is 14.5 Å². The third-order valence-electron chi connectivity index (χ3n) is 2.59. The number of nitrogens with two attached hydrogens (primary N) is 1. The molecule has 2 atom stereocenters. The number of hydrogen-bond donors (Lipinski definition) is 3. The first-order valence-corrected chi connectivity index (χ1v) is 6.68. The maximum absolute atomic E-state index is 12.0. The van der Waals surface area contributed by atoms with Crippen LogP contribution in [0.25, 0.3) is 0 Å². The lowest BCUT2D eigenvalue weighted by Gasteiger charge is -2.18. The van der Waals surface area contributed by atoms with Gasteiger partial charge in [0, 0.05) is 25.9 Å². The Kier molecular flexibility index (Phi) is 4.12. The second-order valence-corrected chi connectivity index (χ2v) is 5.80. The molecule has 8 heteroatoms. The molecule has 0 amide bonds. The van der Waals surface area contributed by atoms with E-state index in [9.17, 15) is 8.42 Å². The largest absolute Gasteiger partial charge is 0.396 e. The van der Waals surface area contributed by atoms with Crippen LogP contribution >= 0.6 is 0 Å². The number of hydrogen-bond acceptors (Lipinski definition) is 5. The van der Waals surface area contributed by atoms with Gasteiger partial charge in [-0.05, 0) is 12.8 Å². The Morgan fingerprint density at radius 2 is 2.18 bits per heavy atom. The summed E-state index contributed by atoms with van der Waals surface area (Å²) in [6.45, 7) is 3.34. The van der Waals surface area contributed by atoms with Crippen molar-refractivity contribution in [3.05, 3.63) is 6.20 Å². The first-order chi connectivity index (χ1) is 7.77. The highest BCUT2D eigenvalue weighted by molar-refractivity contribution is 7.89. The van der Waals surface area contributed by atoms with Gasteiger partial charge in [0.25, 0.3) is 0 Å². The number of rotatable bonds is 5. The number of aryl methyl sites for hydroxylation is 1. The number of aromatic nitrogens is 2. The first kappa shape index (κ1) is 13.9. The fraction of sp³-hybridized carbons (Fsp3) is 0.667. The Bertz CT molecular complexity index is 482. The van der Waals surface area contributed by atoms with E-state index in [4.69, 9.17) is 10.8 Å². The van der Waals surface area contributed by atoms with Crippen molar-refractivity contribution in [2.75, 3.05) is 12.3 Å². The van der Waals surface area contributed by atoms with Crippen LogP contribution < -0.4 is 10.5 Å². The van der Waals surface area contributed by atoms with E-state index < -0.39 is 10.0 Å². The molecule has 98 valence electrons. The van der Waals surface area contributed by atoms with Gasteiger partial charge < -0.3 is 10.8 Å². The van der Waals surface area contributed by atoms with Crippen molar-refractivity contribution in [3.63, 3.8) is 0 Å². The summed E-state index contributed by atoms with van der Waals surface area (Å²) in [5.41, 5.74) is 5.51. The molecule has 0 aliphatic carbocycles. The molecule has 1 aromatic rings. The van der Waals surface area contributed by atoms with Gasteiger partial charge in [0.05, 0.1) is 0 Å². The number of aliphatic hydroxyl groups is 1. The van der Waals surface area contributed by atoms with Crippen molar-refractivity contribution < 1.29 is 13.5 Å². The average molecular weight is 262 g/mol. The summed E-state index contributed by atoms with van der Waals surface area (Å²) in [7, 11) is -2.10. The minimum atomic E-state index is -3.69. The van der Waals surface area contributed by atoms with Crippen molar-refractivity contribution in [1.29, 1.82) is 0 Å². The molecule has 17 heavy (non-hydrogen) atoms. The summed E-state index contributed by atoms with van der Waals surface area (Å²) < 4.78 is 27.7. The summed E-state index contributed by atoms with van der Waals surface area (Å²) in [6.07, 6.45) is 1.34.